The van der Waals surface area contributed by atoms with Gasteiger partial charge in [0.2, 0.25) is 0 Å². The summed E-state index contributed by atoms with van der Waals surface area (Å²) in [7, 11) is 3.15. The molecule has 1 aliphatic carbocycles. The maximum absolute atomic E-state index is 12.2. The molecule has 8 nitrogen and oxygen atoms in total. The number of carbonyl (C=O) groups is 1. The van der Waals surface area contributed by atoms with Crippen molar-refractivity contribution in [2.45, 2.75) is 25.2 Å². The number of hydrogen-bond donors (Lipinski definition) is 0. The predicted molar refractivity (Wildman–Crippen MR) is 148 cm³/mol. The Kier molecular flexibility index (Phi) is 6.80. The molecule has 10 heteroatoms. The average molecular weight is 554 g/mol. The summed E-state index contributed by atoms with van der Waals surface area (Å²) >= 11 is 13.0. The van der Waals surface area contributed by atoms with Crippen LogP contribution < -0.4 is 4.90 Å². The molecule has 0 atom stereocenters. The van der Waals surface area contributed by atoms with Crippen molar-refractivity contribution in [1.82, 2.24) is 19.8 Å². The molecule has 0 spiro atoms. The highest BCUT2D eigenvalue weighted by molar-refractivity contribution is 6.39. The Morgan fingerprint density at radius 2 is 1.84 bits per heavy atom. The minimum Gasteiger partial charge on any atom is -0.464 e. The van der Waals surface area contributed by atoms with Crippen molar-refractivity contribution in [1.29, 1.82) is 0 Å². The highest BCUT2D eigenvalue weighted by atomic mass is 35.5. The fourth-order valence-electron chi connectivity index (χ4n) is 5.37. The third-order valence-corrected chi connectivity index (χ3v) is 8.21. The van der Waals surface area contributed by atoms with E-state index in [0.29, 0.717) is 21.7 Å². The van der Waals surface area contributed by atoms with Crippen LogP contribution in [-0.2, 0) is 18.2 Å². The standard InChI is InChI=1S/C28H29Cl2N5O3/c1-33-26(28(36)37-2)19-9-8-18(16-23(19)31-33)35-14-12-34(13-15-35)11-10-20-25(32-38-27(20)17-6-7-17)24-21(29)4-3-5-22(24)30/h3-5,8-9,16-17H,6-7,10-15H2,1-2H3. The van der Waals surface area contributed by atoms with E-state index in [0.717, 1.165) is 91.2 Å². The first-order valence-corrected chi connectivity index (χ1v) is 13.7. The van der Waals surface area contributed by atoms with Gasteiger partial charge in [0.15, 0.2) is 5.69 Å². The number of benzene rings is 2. The van der Waals surface area contributed by atoms with E-state index < -0.39 is 0 Å². The minimum atomic E-state index is -0.381. The lowest BCUT2D eigenvalue weighted by molar-refractivity contribution is 0.0590. The zero-order chi connectivity index (χ0) is 26.4. The van der Waals surface area contributed by atoms with Gasteiger partial charge in [-0.1, -0.05) is 34.4 Å². The van der Waals surface area contributed by atoms with Crippen molar-refractivity contribution in [3.05, 3.63) is 63.5 Å². The number of piperazine rings is 1. The summed E-state index contributed by atoms with van der Waals surface area (Å²) in [6.45, 7) is 4.61. The van der Waals surface area contributed by atoms with Crippen LogP contribution in [-0.4, -0.2) is 65.6 Å². The van der Waals surface area contributed by atoms with E-state index in [1.807, 2.05) is 24.3 Å². The normalized spacial score (nSPS) is 16.4. The third-order valence-electron chi connectivity index (χ3n) is 7.58. The van der Waals surface area contributed by atoms with Gasteiger partial charge in [-0.15, -0.1) is 0 Å². The maximum atomic E-state index is 12.2. The lowest BCUT2D eigenvalue weighted by Crippen LogP contribution is -2.47. The molecule has 2 fully saturated rings. The summed E-state index contributed by atoms with van der Waals surface area (Å²) in [4.78, 5) is 17.0. The molecule has 2 aromatic carbocycles. The molecule has 1 aliphatic heterocycles. The second-order valence-corrected chi connectivity index (χ2v) is 10.8. The topological polar surface area (TPSA) is 76.6 Å². The Hall–Kier alpha value is -3.07. The zero-order valence-electron chi connectivity index (χ0n) is 21.4. The van der Waals surface area contributed by atoms with Gasteiger partial charge in [-0.2, -0.15) is 5.10 Å². The van der Waals surface area contributed by atoms with Crippen LogP contribution in [0.2, 0.25) is 10.0 Å². The van der Waals surface area contributed by atoms with Crippen molar-refractivity contribution >= 4 is 45.8 Å². The second-order valence-electron chi connectivity index (χ2n) is 9.99. The Balaban J connectivity index is 1.14. The molecule has 2 aliphatic rings. The summed E-state index contributed by atoms with van der Waals surface area (Å²) in [5.41, 5.74) is 5.03. The minimum absolute atomic E-state index is 0.381. The van der Waals surface area contributed by atoms with E-state index in [2.05, 4.69) is 32.2 Å². The number of rotatable bonds is 7. The molecule has 0 unspecified atom stereocenters. The van der Waals surface area contributed by atoms with Crippen molar-refractivity contribution in [2.24, 2.45) is 7.05 Å². The van der Waals surface area contributed by atoms with Gasteiger partial charge in [-0.25, -0.2) is 4.79 Å². The van der Waals surface area contributed by atoms with Crippen LogP contribution in [0.3, 0.4) is 0 Å². The Morgan fingerprint density at radius 3 is 2.53 bits per heavy atom. The molecular formula is C28H29Cl2N5O3. The third kappa shape index (κ3) is 4.65. The highest BCUT2D eigenvalue weighted by Gasteiger charge is 2.33. The molecule has 2 aromatic heterocycles. The molecule has 6 rings (SSSR count). The van der Waals surface area contributed by atoms with Crippen LogP contribution in [0.5, 0.6) is 0 Å². The Bertz CT molecular complexity index is 1480. The van der Waals surface area contributed by atoms with Crippen molar-refractivity contribution < 1.29 is 14.1 Å². The second kappa shape index (κ2) is 10.2. The number of halogens is 2. The number of aromatic nitrogens is 3. The monoisotopic (exact) mass is 553 g/mol. The zero-order valence-corrected chi connectivity index (χ0v) is 22.9. The lowest BCUT2D eigenvalue weighted by Gasteiger charge is -2.36. The SMILES string of the molecule is COC(=O)c1c2ccc(N3CCN(CCc4c(-c5c(Cl)cccc5Cl)noc4C4CC4)CC3)cc2nn1C. The summed E-state index contributed by atoms with van der Waals surface area (Å²) < 4.78 is 12.3. The molecule has 4 aromatic rings. The highest BCUT2D eigenvalue weighted by Crippen LogP contribution is 2.46. The molecule has 38 heavy (non-hydrogen) atoms. The fourth-order valence-corrected chi connectivity index (χ4v) is 5.95. The van der Waals surface area contributed by atoms with Gasteiger partial charge in [-0.05, 0) is 49.6 Å². The predicted octanol–water partition coefficient (Wildman–Crippen LogP) is 5.56. The Morgan fingerprint density at radius 1 is 1.11 bits per heavy atom. The number of esters is 1. The van der Waals surface area contributed by atoms with Gasteiger partial charge in [-0.3, -0.25) is 9.58 Å². The molecule has 3 heterocycles. The molecule has 0 bridgehead atoms. The molecule has 1 saturated heterocycles. The number of fused-ring (bicyclic) bond motifs is 1. The first kappa shape index (κ1) is 25.2. The van der Waals surface area contributed by atoms with Crippen LogP contribution in [0.4, 0.5) is 5.69 Å². The van der Waals surface area contributed by atoms with Crippen LogP contribution in [0.1, 0.15) is 40.6 Å². The summed E-state index contributed by atoms with van der Waals surface area (Å²) in [6, 6.07) is 11.6. The quantitative estimate of drug-likeness (QED) is 0.277. The molecule has 0 amide bonds. The molecule has 0 N–H and O–H groups in total. The largest absolute Gasteiger partial charge is 0.464 e. The number of aryl methyl sites for hydroxylation is 1. The molecule has 1 saturated carbocycles. The van der Waals surface area contributed by atoms with Gasteiger partial charge in [0, 0.05) is 67.9 Å². The van der Waals surface area contributed by atoms with Crippen molar-refractivity contribution in [3.63, 3.8) is 0 Å². The van der Waals surface area contributed by atoms with Crippen LogP contribution in [0.15, 0.2) is 40.9 Å². The lowest BCUT2D eigenvalue weighted by atomic mass is 10.0. The number of ether oxygens (including phenoxy) is 1. The van der Waals surface area contributed by atoms with Gasteiger partial charge < -0.3 is 14.2 Å². The van der Waals surface area contributed by atoms with E-state index >= 15 is 0 Å². The number of hydrogen-bond acceptors (Lipinski definition) is 7. The average Bonchev–Trinajstić information content (AvgIpc) is 3.59. The van der Waals surface area contributed by atoms with Crippen LogP contribution in [0, 0.1) is 0 Å². The van der Waals surface area contributed by atoms with Gasteiger partial charge in [0.1, 0.15) is 11.5 Å². The first-order chi connectivity index (χ1) is 18.4. The molecule has 0 radical (unpaired) electrons. The molecular weight excluding hydrogens is 525 g/mol. The van der Waals surface area contributed by atoms with Crippen LogP contribution >= 0.6 is 23.2 Å². The van der Waals surface area contributed by atoms with Gasteiger partial charge in [0.25, 0.3) is 0 Å². The van der Waals surface area contributed by atoms with E-state index in [1.54, 1.807) is 11.7 Å². The van der Waals surface area contributed by atoms with Gasteiger partial charge >= 0.3 is 5.97 Å². The van der Waals surface area contributed by atoms with E-state index in [-0.39, 0.29) is 5.97 Å². The summed E-state index contributed by atoms with van der Waals surface area (Å²) in [5.74, 6) is 1.06. The van der Waals surface area contributed by atoms with Crippen molar-refractivity contribution in [2.75, 3.05) is 44.7 Å². The number of carbonyl (C=O) groups excluding carboxylic acids is 1. The molecule has 198 valence electrons. The first-order valence-electron chi connectivity index (χ1n) is 12.9. The van der Waals surface area contributed by atoms with E-state index in [9.17, 15) is 4.79 Å². The summed E-state index contributed by atoms with van der Waals surface area (Å²) in [6.07, 6.45) is 3.11. The van der Waals surface area contributed by atoms with Gasteiger partial charge in [0.05, 0.1) is 22.7 Å². The van der Waals surface area contributed by atoms with Crippen molar-refractivity contribution in [3.8, 4) is 11.3 Å². The number of nitrogens with zero attached hydrogens (tertiary/aromatic N) is 5. The number of anilines is 1. The summed E-state index contributed by atoms with van der Waals surface area (Å²) in [5, 5.41) is 10.9. The maximum Gasteiger partial charge on any atom is 0.356 e. The van der Waals surface area contributed by atoms with Crippen LogP contribution in [0.25, 0.3) is 22.2 Å². The van der Waals surface area contributed by atoms with E-state index in [4.69, 9.17) is 32.5 Å². The smallest absolute Gasteiger partial charge is 0.356 e. The number of methoxy groups -OCH3 is 1. The fraction of sp³-hybridized carbons (Fsp3) is 0.393. The van der Waals surface area contributed by atoms with E-state index in [1.165, 1.54) is 7.11 Å². The Labute approximate surface area is 231 Å².